The van der Waals surface area contributed by atoms with Crippen LogP contribution in [0.1, 0.15) is 20.8 Å². The summed E-state index contributed by atoms with van der Waals surface area (Å²) in [6, 6.07) is 0. The number of fused-ring (bicyclic) bond motifs is 1. The molecular formula is C9H16O4. The maximum atomic E-state index is 9.04. The highest BCUT2D eigenvalue weighted by atomic mass is 16.8. The third-order valence-corrected chi connectivity index (χ3v) is 2.56. The average Bonchev–Trinajstić information content (AvgIpc) is 2.47. The van der Waals surface area contributed by atoms with Crippen molar-refractivity contribution in [2.75, 3.05) is 6.61 Å². The zero-order valence-electron chi connectivity index (χ0n) is 8.19. The van der Waals surface area contributed by atoms with Crippen molar-refractivity contribution in [3.63, 3.8) is 0 Å². The van der Waals surface area contributed by atoms with E-state index in [0.717, 1.165) is 0 Å². The highest BCUT2D eigenvalue weighted by Gasteiger charge is 2.53. The van der Waals surface area contributed by atoms with E-state index in [-0.39, 0.29) is 31.0 Å². The third kappa shape index (κ3) is 1.48. The van der Waals surface area contributed by atoms with Crippen molar-refractivity contribution in [2.24, 2.45) is 0 Å². The summed E-state index contributed by atoms with van der Waals surface area (Å²) in [6.07, 6.45) is -0.382. The zero-order chi connectivity index (χ0) is 9.64. The van der Waals surface area contributed by atoms with Gasteiger partial charge in [-0.25, -0.2) is 0 Å². The second-order valence-corrected chi connectivity index (χ2v) is 4.13. The molecule has 4 nitrogen and oxygen atoms in total. The predicted molar refractivity (Wildman–Crippen MR) is 45.2 cm³/mol. The molecule has 0 amide bonds. The Hall–Kier alpha value is -0.160. The number of ether oxygens (including phenoxy) is 3. The van der Waals surface area contributed by atoms with Gasteiger partial charge < -0.3 is 19.3 Å². The maximum absolute atomic E-state index is 9.04. The van der Waals surface area contributed by atoms with Crippen LogP contribution in [-0.2, 0) is 14.2 Å². The fourth-order valence-electron chi connectivity index (χ4n) is 2.05. The van der Waals surface area contributed by atoms with Crippen LogP contribution in [0.15, 0.2) is 0 Å². The summed E-state index contributed by atoms with van der Waals surface area (Å²) < 4.78 is 16.8. The first-order chi connectivity index (χ1) is 6.03. The second-order valence-electron chi connectivity index (χ2n) is 4.13. The van der Waals surface area contributed by atoms with E-state index in [0.29, 0.717) is 0 Å². The Balaban J connectivity index is 2.12. The fourth-order valence-corrected chi connectivity index (χ4v) is 2.05. The molecule has 0 aromatic heterocycles. The first-order valence-corrected chi connectivity index (χ1v) is 4.65. The van der Waals surface area contributed by atoms with Crippen molar-refractivity contribution in [2.45, 2.75) is 51.0 Å². The van der Waals surface area contributed by atoms with E-state index in [9.17, 15) is 0 Å². The Morgan fingerprint density at radius 2 is 1.85 bits per heavy atom. The number of aliphatic hydroxyl groups excluding tert-OH is 1. The fraction of sp³-hybridized carbons (Fsp3) is 1.00. The normalized spacial score (nSPS) is 48.0. The second kappa shape index (κ2) is 2.92. The number of rotatable bonds is 1. The summed E-state index contributed by atoms with van der Waals surface area (Å²) >= 11 is 0. The van der Waals surface area contributed by atoms with Gasteiger partial charge in [0.15, 0.2) is 5.79 Å². The Kier molecular flexibility index (Phi) is 2.11. The summed E-state index contributed by atoms with van der Waals surface area (Å²) in [5.74, 6) is -0.541. The highest BCUT2D eigenvalue weighted by Crippen LogP contribution is 2.38. The lowest BCUT2D eigenvalue weighted by molar-refractivity contribution is -0.188. The summed E-state index contributed by atoms with van der Waals surface area (Å²) in [6.45, 7) is 5.70. The van der Waals surface area contributed by atoms with Gasteiger partial charge in [0.05, 0.1) is 12.7 Å². The SMILES string of the molecule is C[C@@H]1O[C@H](CO)[C@@H]2OC(C)(C)O[C@@H]21. The van der Waals surface area contributed by atoms with Crippen molar-refractivity contribution in [3.8, 4) is 0 Å². The van der Waals surface area contributed by atoms with Crippen LogP contribution < -0.4 is 0 Å². The predicted octanol–water partition coefficient (Wildman–Crippen LogP) is 0.286. The van der Waals surface area contributed by atoms with Gasteiger partial charge in [0.2, 0.25) is 0 Å². The molecule has 2 aliphatic rings. The van der Waals surface area contributed by atoms with Gasteiger partial charge in [0, 0.05) is 0 Å². The standard InChI is InChI=1S/C9H16O4/c1-5-7-8(6(4-10)11-5)13-9(2,3)12-7/h5-8,10H,4H2,1-3H3/t5-,6+,7+,8-/m0/s1. The molecular weight excluding hydrogens is 172 g/mol. The molecule has 2 fully saturated rings. The Morgan fingerprint density at radius 1 is 1.23 bits per heavy atom. The zero-order valence-corrected chi connectivity index (χ0v) is 8.19. The first kappa shape index (κ1) is 9.40. The molecule has 0 spiro atoms. The molecule has 0 bridgehead atoms. The minimum absolute atomic E-state index is 0.00363. The van der Waals surface area contributed by atoms with Crippen LogP contribution in [0.2, 0.25) is 0 Å². The number of aliphatic hydroxyl groups is 1. The first-order valence-electron chi connectivity index (χ1n) is 4.65. The van der Waals surface area contributed by atoms with Crippen LogP contribution in [0.5, 0.6) is 0 Å². The quantitative estimate of drug-likeness (QED) is 0.642. The molecule has 13 heavy (non-hydrogen) atoms. The van der Waals surface area contributed by atoms with E-state index < -0.39 is 5.79 Å². The van der Waals surface area contributed by atoms with E-state index in [1.165, 1.54) is 0 Å². The molecule has 0 saturated carbocycles. The molecule has 2 heterocycles. The average molecular weight is 188 g/mol. The Morgan fingerprint density at radius 3 is 2.46 bits per heavy atom. The van der Waals surface area contributed by atoms with Gasteiger partial charge >= 0.3 is 0 Å². The highest BCUT2D eigenvalue weighted by molar-refractivity contribution is 4.96. The summed E-state index contributed by atoms with van der Waals surface area (Å²) in [4.78, 5) is 0. The summed E-state index contributed by atoms with van der Waals surface area (Å²) in [5, 5.41) is 9.04. The minimum atomic E-state index is -0.541. The molecule has 2 saturated heterocycles. The lowest BCUT2D eigenvalue weighted by atomic mass is 10.1. The molecule has 0 aliphatic carbocycles. The van der Waals surface area contributed by atoms with Gasteiger partial charge in [-0.2, -0.15) is 0 Å². The molecule has 0 aromatic rings. The van der Waals surface area contributed by atoms with Crippen molar-refractivity contribution in [3.05, 3.63) is 0 Å². The summed E-state index contributed by atoms with van der Waals surface area (Å²) in [7, 11) is 0. The Bertz CT molecular complexity index is 204. The molecule has 0 radical (unpaired) electrons. The van der Waals surface area contributed by atoms with Gasteiger partial charge in [0.1, 0.15) is 18.3 Å². The van der Waals surface area contributed by atoms with E-state index in [1.54, 1.807) is 0 Å². The third-order valence-electron chi connectivity index (χ3n) is 2.56. The van der Waals surface area contributed by atoms with Crippen LogP contribution in [0, 0.1) is 0 Å². The molecule has 0 unspecified atom stereocenters. The van der Waals surface area contributed by atoms with Gasteiger partial charge in [-0.05, 0) is 20.8 Å². The van der Waals surface area contributed by atoms with Gasteiger partial charge in [-0.15, -0.1) is 0 Å². The molecule has 4 heteroatoms. The molecule has 0 aromatic carbocycles. The van der Waals surface area contributed by atoms with E-state index in [1.807, 2.05) is 20.8 Å². The smallest absolute Gasteiger partial charge is 0.164 e. The number of hydrogen-bond acceptors (Lipinski definition) is 4. The van der Waals surface area contributed by atoms with Crippen LogP contribution >= 0.6 is 0 Å². The van der Waals surface area contributed by atoms with Crippen LogP contribution in [0.4, 0.5) is 0 Å². The molecule has 4 atom stereocenters. The molecule has 2 rings (SSSR count). The van der Waals surface area contributed by atoms with Crippen molar-refractivity contribution >= 4 is 0 Å². The van der Waals surface area contributed by atoms with E-state index in [2.05, 4.69) is 0 Å². The van der Waals surface area contributed by atoms with Gasteiger partial charge in [-0.3, -0.25) is 0 Å². The topological polar surface area (TPSA) is 47.9 Å². The molecule has 2 aliphatic heterocycles. The lowest BCUT2D eigenvalue weighted by Crippen LogP contribution is -2.31. The van der Waals surface area contributed by atoms with Crippen molar-refractivity contribution < 1.29 is 19.3 Å². The maximum Gasteiger partial charge on any atom is 0.164 e. The van der Waals surface area contributed by atoms with Gasteiger partial charge in [0.25, 0.3) is 0 Å². The summed E-state index contributed by atoms with van der Waals surface area (Å²) in [5.41, 5.74) is 0. The van der Waals surface area contributed by atoms with Crippen LogP contribution in [0.3, 0.4) is 0 Å². The van der Waals surface area contributed by atoms with E-state index in [4.69, 9.17) is 19.3 Å². The largest absolute Gasteiger partial charge is 0.394 e. The van der Waals surface area contributed by atoms with Crippen LogP contribution in [-0.4, -0.2) is 41.9 Å². The molecule has 76 valence electrons. The lowest BCUT2D eigenvalue weighted by Gasteiger charge is -2.22. The van der Waals surface area contributed by atoms with E-state index >= 15 is 0 Å². The van der Waals surface area contributed by atoms with Gasteiger partial charge in [-0.1, -0.05) is 0 Å². The number of hydrogen-bond donors (Lipinski definition) is 1. The van der Waals surface area contributed by atoms with Crippen molar-refractivity contribution in [1.82, 2.24) is 0 Å². The van der Waals surface area contributed by atoms with Crippen LogP contribution in [0.25, 0.3) is 0 Å². The molecule has 1 N–H and O–H groups in total. The van der Waals surface area contributed by atoms with Crippen molar-refractivity contribution in [1.29, 1.82) is 0 Å². The monoisotopic (exact) mass is 188 g/mol. The minimum Gasteiger partial charge on any atom is -0.394 e. The Labute approximate surface area is 77.8 Å².